The van der Waals surface area contributed by atoms with Gasteiger partial charge in [0, 0.05) is 12.1 Å². The topological polar surface area (TPSA) is 63.3 Å². The van der Waals surface area contributed by atoms with Gasteiger partial charge in [-0.15, -0.1) is 0 Å². The summed E-state index contributed by atoms with van der Waals surface area (Å²) in [5.41, 5.74) is 6.90. The van der Waals surface area contributed by atoms with E-state index in [2.05, 4.69) is 13.8 Å². The minimum absolute atomic E-state index is 0.0369. The Balaban J connectivity index is 2.84. The van der Waals surface area contributed by atoms with Gasteiger partial charge in [0.15, 0.2) is 5.78 Å². The van der Waals surface area contributed by atoms with E-state index >= 15 is 0 Å². The van der Waals surface area contributed by atoms with Crippen LogP contribution in [0.25, 0.3) is 0 Å². The third kappa shape index (κ3) is 2.88. The molecule has 3 nitrogen and oxygen atoms in total. The van der Waals surface area contributed by atoms with Gasteiger partial charge in [-0.05, 0) is 11.5 Å². The molecule has 3 heteroatoms. The highest BCUT2D eigenvalue weighted by Gasteiger charge is 2.14. The summed E-state index contributed by atoms with van der Waals surface area (Å²) in [4.78, 5) is 11.5. The largest absolute Gasteiger partial charge is 0.384 e. The lowest BCUT2D eigenvalue weighted by Crippen LogP contribution is -2.29. The molecular weight excluding hydrogens is 190 g/mol. The van der Waals surface area contributed by atoms with Crippen molar-refractivity contribution in [1.29, 1.82) is 0 Å². The minimum atomic E-state index is -1.09. The van der Waals surface area contributed by atoms with Gasteiger partial charge in [-0.3, -0.25) is 4.79 Å². The number of Topliss-reactive ketones (excluding diaryl/α,β-unsaturated/α-hetero) is 1. The summed E-state index contributed by atoms with van der Waals surface area (Å²) in [7, 11) is 0. The molecule has 0 amide bonds. The van der Waals surface area contributed by atoms with E-state index in [9.17, 15) is 9.90 Å². The van der Waals surface area contributed by atoms with Crippen molar-refractivity contribution in [3.63, 3.8) is 0 Å². The molecule has 0 fully saturated rings. The number of ketones is 1. The van der Waals surface area contributed by atoms with E-state index in [1.165, 1.54) is 5.56 Å². The Kier molecular flexibility index (Phi) is 4.00. The zero-order valence-electron chi connectivity index (χ0n) is 9.10. The lowest BCUT2D eigenvalue weighted by atomic mass is 9.99. The second-order valence-corrected chi connectivity index (χ2v) is 3.89. The van der Waals surface area contributed by atoms with Crippen molar-refractivity contribution < 1.29 is 9.90 Å². The maximum atomic E-state index is 11.5. The first kappa shape index (κ1) is 11.9. The second kappa shape index (κ2) is 5.05. The summed E-state index contributed by atoms with van der Waals surface area (Å²) in [6.45, 7) is 4.14. The molecule has 1 unspecified atom stereocenters. The number of hydrogen-bond donors (Lipinski definition) is 2. The predicted octanol–water partition coefficient (Wildman–Crippen LogP) is 1.31. The Labute approximate surface area is 89.9 Å². The van der Waals surface area contributed by atoms with Gasteiger partial charge in [-0.25, -0.2) is 0 Å². The Hall–Kier alpha value is -1.19. The van der Waals surface area contributed by atoms with E-state index in [4.69, 9.17) is 5.73 Å². The smallest absolute Gasteiger partial charge is 0.192 e. The molecule has 0 radical (unpaired) electrons. The van der Waals surface area contributed by atoms with Crippen molar-refractivity contribution in [2.24, 2.45) is 5.73 Å². The van der Waals surface area contributed by atoms with E-state index < -0.39 is 6.10 Å². The Morgan fingerprint density at radius 1 is 1.33 bits per heavy atom. The number of aliphatic hydroxyl groups excluding tert-OH is 1. The van der Waals surface area contributed by atoms with Crippen LogP contribution in [-0.4, -0.2) is 23.5 Å². The van der Waals surface area contributed by atoms with Crippen LogP contribution in [0.4, 0.5) is 0 Å². The minimum Gasteiger partial charge on any atom is -0.384 e. The van der Waals surface area contributed by atoms with Gasteiger partial charge in [-0.2, -0.15) is 0 Å². The van der Waals surface area contributed by atoms with Crippen LogP contribution in [0.2, 0.25) is 0 Å². The van der Waals surface area contributed by atoms with Gasteiger partial charge >= 0.3 is 0 Å². The van der Waals surface area contributed by atoms with Crippen molar-refractivity contribution in [3.05, 3.63) is 35.4 Å². The highest BCUT2D eigenvalue weighted by Crippen LogP contribution is 2.15. The van der Waals surface area contributed by atoms with Crippen molar-refractivity contribution in [1.82, 2.24) is 0 Å². The Bertz CT molecular complexity index is 330. The summed E-state index contributed by atoms with van der Waals surface area (Å²) in [5, 5.41) is 9.28. The third-order valence-corrected chi connectivity index (χ3v) is 2.39. The average molecular weight is 207 g/mol. The molecule has 0 aliphatic carbocycles. The summed E-state index contributed by atoms with van der Waals surface area (Å²) in [6.07, 6.45) is -1.09. The van der Waals surface area contributed by atoms with Crippen LogP contribution in [0.15, 0.2) is 24.3 Å². The monoisotopic (exact) mass is 207 g/mol. The molecule has 0 heterocycles. The average Bonchev–Trinajstić information content (AvgIpc) is 2.27. The number of carbonyl (C=O) groups excluding carboxylic acids is 1. The SMILES string of the molecule is CC(C)c1ccc(C(=O)C(O)CN)cc1. The quantitative estimate of drug-likeness (QED) is 0.732. The van der Waals surface area contributed by atoms with Crippen molar-refractivity contribution in [2.75, 3.05) is 6.54 Å². The Morgan fingerprint density at radius 2 is 1.87 bits per heavy atom. The highest BCUT2D eigenvalue weighted by atomic mass is 16.3. The van der Waals surface area contributed by atoms with E-state index in [-0.39, 0.29) is 12.3 Å². The van der Waals surface area contributed by atoms with E-state index in [1.807, 2.05) is 12.1 Å². The molecule has 82 valence electrons. The molecule has 0 aliphatic rings. The molecule has 3 N–H and O–H groups in total. The molecule has 1 aromatic carbocycles. The molecule has 0 spiro atoms. The first-order valence-corrected chi connectivity index (χ1v) is 5.08. The number of benzene rings is 1. The standard InChI is InChI=1S/C12H17NO2/c1-8(2)9-3-5-10(6-4-9)12(15)11(14)7-13/h3-6,8,11,14H,7,13H2,1-2H3. The molecule has 0 saturated heterocycles. The van der Waals surface area contributed by atoms with Crippen molar-refractivity contribution in [2.45, 2.75) is 25.9 Å². The van der Waals surface area contributed by atoms with E-state index in [0.29, 0.717) is 11.5 Å². The number of carbonyl (C=O) groups is 1. The molecule has 1 atom stereocenters. The van der Waals surface area contributed by atoms with Gasteiger partial charge in [0.2, 0.25) is 0 Å². The van der Waals surface area contributed by atoms with Crippen LogP contribution < -0.4 is 5.73 Å². The zero-order chi connectivity index (χ0) is 11.4. The van der Waals surface area contributed by atoms with Gasteiger partial charge < -0.3 is 10.8 Å². The fraction of sp³-hybridized carbons (Fsp3) is 0.417. The lowest BCUT2D eigenvalue weighted by Gasteiger charge is -2.08. The maximum Gasteiger partial charge on any atom is 0.192 e. The zero-order valence-corrected chi connectivity index (χ0v) is 9.10. The number of hydrogen-bond acceptors (Lipinski definition) is 3. The lowest BCUT2D eigenvalue weighted by molar-refractivity contribution is 0.0763. The third-order valence-electron chi connectivity index (χ3n) is 2.39. The van der Waals surface area contributed by atoms with Crippen molar-refractivity contribution >= 4 is 5.78 Å². The maximum absolute atomic E-state index is 11.5. The molecule has 15 heavy (non-hydrogen) atoms. The van der Waals surface area contributed by atoms with Crippen LogP contribution in [0.3, 0.4) is 0 Å². The number of nitrogens with two attached hydrogens (primary N) is 1. The van der Waals surface area contributed by atoms with Crippen molar-refractivity contribution in [3.8, 4) is 0 Å². The fourth-order valence-corrected chi connectivity index (χ4v) is 1.33. The second-order valence-electron chi connectivity index (χ2n) is 3.89. The highest BCUT2D eigenvalue weighted by molar-refractivity contribution is 5.99. The molecule has 0 aliphatic heterocycles. The summed E-state index contributed by atoms with van der Waals surface area (Å²) >= 11 is 0. The first-order valence-electron chi connectivity index (χ1n) is 5.08. The summed E-state index contributed by atoms with van der Waals surface area (Å²) in [5.74, 6) is 0.126. The van der Waals surface area contributed by atoms with Gasteiger partial charge in [0.25, 0.3) is 0 Å². The van der Waals surface area contributed by atoms with Crippen LogP contribution in [0.1, 0.15) is 35.7 Å². The van der Waals surface area contributed by atoms with Crippen LogP contribution in [0, 0.1) is 0 Å². The normalized spacial score (nSPS) is 12.9. The molecule has 0 aromatic heterocycles. The molecule has 0 saturated carbocycles. The summed E-state index contributed by atoms with van der Waals surface area (Å²) in [6, 6.07) is 7.27. The van der Waals surface area contributed by atoms with Gasteiger partial charge in [-0.1, -0.05) is 38.1 Å². The van der Waals surface area contributed by atoms with Crippen LogP contribution in [-0.2, 0) is 0 Å². The van der Waals surface area contributed by atoms with E-state index in [1.54, 1.807) is 12.1 Å². The first-order chi connectivity index (χ1) is 7.06. The van der Waals surface area contributed by atoms with Crippen LogP contribution >= 0.6 is 0 Å². The molecular formula is C12H17NO2. The van der Waals surface area contributed by atoms with Gasteiger partial charge in [0.1, 0.15) is 6.10 Å². The van der Waals surface area contributed by atoms with Crippen LogP contribution in [0.5, 0.6) is 0 Å². The molecule has 1 rings (SSSR count). The molecule has 0 bridgehead atoms. The molecule has 1 aromatic rings. The fourth-order valence-electron chi connectivity index (χ4n) is 1.33. The number of rotatable bonds is 4. The van der Waals surface area contributed by atoms with Gasteiger partial charge in [0.05, 0.1) is 0 Å². The Morgan fingerprint density at radius 3 is 2.27 bits per heavy atom. The van der Waals surface area contributed by atoms with E-state index in [0.717, 1.165) is 0 Å². The number of aliphatic hydroxyl groups is 1. The summed E-state index contributed by atoms with van der Waals surface area (Å²) < 4.78 is 0. The predicted molar refractivity (Wildman–Crippen MR) is 59.9 cm³/mol.